The molecule has 0 N–H and O–H groups in total. The molecule has 0 bridgehead atoms. The highest BCUT2D eigenvalue weighted by Gasteiger charge is 2.19. The molecule has 5 nitrogen and oxygen atoms in total. The molecule has 0 saturated carbocycles. The third-order valence-electron chi connectivity index (χ3n) is 5.40. The number of hydrogen-bond donors (Lipinski definition) is 0. The summed E-state index contributed by atoms with van der Waals surface area (Å²) in [7, 11) is 0. The number of carbonyl (C=O) groups excluding carboxylic acids is 1. The first-order valence-corrected chi connectivity index (χ1v) is 10.6. The van der Waals surface area contributed by atoms with Crippen LogP contribution in [0, 0.1) is 0 Å². The fourth-order valence-corrected chi connectivity index (χ4v) is 3.85. The molecule has 4 rings (SSSR count). The first-order chi connectivity index (χ1) is 14.7. The van der Waals surface area contributed by atoms with Crippen molar-refractivity contribution in [3.63, 3.8) is 0 Å². The zero-order valence-electron chi connectivity index (χ0n) is 16.8. The van der Waals surface area contributed by atoms with Gasteiger partial charge in [0.2, 0.25) is 5.91 Å². The van der Waals surface area contributed by atoms with Gasteiger partial charge in [-0.2, -0.15) is 0 Å². The predicted molar refractivity (Wildman–Crippen MR) is 121 cm³/mol. The number of benzene rings is 2. The Hall–Kier alpha value is -2.89. The minimum Gasteiger partial charge on any atom is -0.337 e. The number of nitrogens with zero attached hydrogens (tertiary/aromatic N) is 4. The van der Waals surface area contributed by atoms with E-state index in [4.69, 9.17) is 11.6 Å². The number of piperazine rings is 1. The predicted octanol–water partition coefficient (Wildman–Crippen LogP) is 4.06. The van der Waals surface area contributed by atoms with Crippen molar-refractivity contribution in [3.8, 4) is 11.4 Å². The molecule has 0 atom stereocenters. The van der Waals surface area contributed by atoms with E-state index in [0.717, 1.165) is 56.2 Å². The van der Waals surface area contributed by atoms with Crippen LogP contribution >= 0.6 is 11.6 Å². The monoisotopic (exact) mass is 420 g/mol. The van der Waals surface area contributed by atoms with Crippen LogP contribution in [0.15, 0.2) is 73.1 Å². The van der Waals surface area contributed by atoms with E-state index in [1.54, 1.807) is 12.2 Å². The van der Waals surface area contributed by atoms with Crippen molar-refractivity contribution in [2.45, 2.75) is 6.54 Å². The van der Waals surface area contributed by atoms with Crippen molar-refractivity contribution in [1.29, 1.82) is 0 Å². The molecule has 0 radical (unpaired) electrons. The van der Waals surface area contributed by atoms with Gasteiger partial charge in [0.05, 0.1) is 0 Å². The molecule has 0 aliphatic carbocycles. The third kappa shape index (κ3) is 4.99. The standard InChI is InChI=1S/C24H25ClN4O/c25-22-9-5-4-6-20(22)10-11-23(30)28-17-14-27(15-18-28)16-19-29-13-12-26-24(29)21-7-2-1-3-8-21/h1-13H,14-19H2. The molecule has 30 heavy (non-hydrogen) atoms. The Bertz CT molecular complexity index is 1010. The molecule has 2 heterocycles. The van der Waals surface area contributed by atoms with Crippen LogP contribution in [0.25, 0.3) is 17.5 Å². The van der Waals surface area contributed by atoms with Gasteiger partial charge in [-0.1, -0.05) is 60.1 Å². The number of aromatic nitrogens is 2. The van der Waals surface area contributed by atoms with Crippen LogP contribution in [0.1, 0.15) is 5.56 Å². The summed E-state index contributed by atoms with van der Waals surface area (Å²) in [6, 6.07) is 17.8. The summed E-state index contributed by atoms with van der Waals surface area (Å²) in [6.07, 6.45) is 7.29. The Labute approximate surface area is 182 Å². The molecule has 0 spiro atoms. The van der Waals surface area contributed by atoms with E-state index in [2.05, 4.69) is 26.6 Å². The molecule has 1 fully saturated rings. The van der Waals surface area contributed by atoms with Crippen molar-refractivity contribution < 1.29 is 4.79 Å². The summed E-state index contributed by atoms with van der Waals surface area (Å²) < 4.78 is 2.19. The first kappa shape index (κ1) is 20.4. The van der Waals surface area contributed by atoms with Crippen molar-refractivity contribution in [2.24, 2.45) is 0 Å². The van der Waals surface area contributed by atoms with Crippen molar-refractivity contribution in [2.75, 3.05) is 32.7 Å². The van der Waals surface area contributed by atoms with Gasteiger partial charge in [0, 0.05) is 68.3 Å². The highest BCUT2D eigenvalue weighted by Crippen LogP contribution is 2.18. The lowest BCUT2D eigenvalue weighted by atomic mass is 10.2. The molecule has 154 valence electrons. The Morgan fingerprint density at radius 1 is 0.967 bits per heavy atom. The molecule has 2 aromatic carbocycles. The zero-order chi connectivity index (χ0) is 20.8. The van der Waals surface area contributed by atoms with Gasteiger partial charge in [-0.3, -0.25) is 9.69 Å². The summed E-state index contributed by atoms with van der Waals surface area (Å²) in [4.78, 5) is 21.3. The summed E-state index contributed by atoms with van der Waals surface area (Å²) >= 11 is 6.15. The van der Waals surface area contributed by atoms with Crippen molar-refractivity contribution in [1.82, 2.24) is 19.4 Å². The van der Waals surface area contributed by atoms with E-state index in [-0.39, 0.29) is 5.91 Å². The lowest BCUT2D eigenvalue weighted by Crippen LogP contribution is -2.48. The van der Waals surface area contributed by atoms with Crippen LogP contribution in [0.2, 0.25) is 5.02 Å². The van der Waals surface area contributed by atoms with E-state index in [0.29, 0.717) is 5.02 Å². The van der Waals surface area contributed by atoms with Gasteiger partial charge in [0.25, 0.3) is 0 Å². The fourth-order valence-electron chi connectivity index (χ4n) is 3.65. The summed E-state index contributed by atoms with van der Waals surface area (Å²) in [5.74, 6) is 1.03. The Kier molecular flexibility index (Phi) is 6.62. The van der Waals surface area contributed by atoms with Gasteiger partial charge in [-0.15, -0.1) is 0 Å². The quantitative estimate of drug-likeness (QED) is 0.564. The average molecular weight is 421 g/mol. The van der Waals surface area contributed by atoms with Gasteiger partial charge in [-0.25, -0.2) is 4.98 Å². The Morgan fingerprint density at radius 2 is 1.70 bits per heavy atom. The van der Waals surface area contributed by atoms with Crippen LogP contribution in [0.4, 0.5) is 0 Å². The first-order valence-electron chi connectivity index (χ1n) is 10.2. The Morgan fingerprint density at radius 3 is 2.47 bits per heavy atom. The molecular formula is C24H25ClN4O. The number of rotatable bonds is 6. The van der Waals surface area contributed by atoms with Crippen LogP contribution < -0.4 is 0 Å². The summed E-state index contributed by atoms with van der Waals surface area (Å²) in [6.45, 7) is 5.04. The molecule has 1 saturated heterocycles. The second-order valence-corrected chi connectivity index (χ2v) is 7.74. The molecule has 1 amide bonds. The molecular weight excluding hydrogens is 396 g/mol. The van der Waals surface area contributed by atoms with E-state index >= 15 is 0 Å². The van der Waals surface area contributed by atoms with Gasteiger partial charge in [0.1, 0.15) is 5.82 Å². The smallest absolute Gasteiger partial charge is 0.246 e. The summed E-state index contributed by atoms with van der Waals surface area (Å²) in [5, 5.41) is 0.653. The van der Waals surface area contributed by atoms with Crippen LogP contribution in [-0.4, -0.2) is 58.0 Å². The average Bonchev–Trinajstić information content (AvgIpc) is 3.26. The maximum absolute atomic E-state index is 12.5. The van der Waals surface area contributed by atoms with Crippen LogP contribution in [0.5, 0.6) is 0 Å². The number of amides is 1. The second-order valence-electron chi connectivity index (χ2n) is 7.33. The van der Waals surface area contributed by atoms with Crippen molar-refractivity contribution in [3.05, 3.63) is 83.7 Å². The van der Waals surface area contributed by atoms with E-state index < -0.39 is 0 Å². The van der Waals surface area contributed by atoms with Gasteiger partial charge in [0.15, 0.2) is 0 Å². The van der Waals surface area contributed by atoms with Crippen LogP contribution in [0.3, 0.4) is 0 Å². The molecule has 1 aliphatic rings. The topological polar surface area (TPSA) is 41.4 Å². The molecule has 0 unspecified atom stereocenters. The highest BCUT2D eigenvalue weighted by molar-refractivity contribution is 6.32. The second kappa shape index (κ2) is 9.74. The molecule has 1 aromatic heterocycles. The fraction of sp³-hybridized carbons (Fsp3) is 0.250. The van der Waals surface area contributed by atoms with Crippen LogP contribution in [-0.2, 0) is 11.3 Å². The normalized spacial score (nSPS) is 15.0. The number of imidazole rings is 1. The van der Waals surface area contributed by atoms with E-state index in [9.17, 15) is 4.79 Å². The molecule has 1 aliphatic heterocycles. The number of halogens is 1. The van der Waals surface area contributed by atoms with Crippen molar-refractivity contribution >= 4 is 23.6 Å². The highest BCUT2D eigenvalue weighted by atomic mass is 35.5. The SMILES string of the molecule is O=C(C=Cc1ccccc1Cl)N1CCN(CCn2ccnc2-c2ccccc2)CC1. The van der Waals surface area contributed by atoms with E-state index in [1.165, 1.54) is 0 Å². The van der Waals surface area contributed by atoms with Gasteiger partial charge < -0.3 is 9.47 Å². The molecule has 3 aromatic rings. The minimum atomic E-state index is 0.0375. The lowest BCUT2D eigenvalue weighted by Gasteiger charge is -2.34. The maximum atomic E-state index is 12.5. The minimum absolute atomic E-state index is 0.0375. The summed E-state index contributed by atoms with van der Waals surface area (Å²) in [5.41, 5.74) is 1.99. The zero-order valence-corrected chi connectivity index (χ0v) is 17.6. The van der Waals surface area contributed by atoms with E-state index in [1.807, 2.05) is 59.8 Å². The Balaban J connectivity index is 1.27. The number of carbonyl (C=O) groups is 1. The van der Waals surface area contributed by atoms with Gasteiger partial charge >= 0.3 is 0 Å². The third-order valence-corrected chi connectivity index (χ3v) is 5.74. The maximum Gasteiger partial charge on any atom is 0.246 e. The molecule has 6 heteroatoms. The lowest BCUT2D eigenvalue weighted by molar-refractivity contribution is -0.127. The largest absolute Gasteiger partial charge is 0.337 e. The van der Waals surface area contributed by atoms with Gasteiger partial charge in [-0.05, 0) is 17.7 Å². The number of hydrogen-bond acceptors (Lipinski definition) is 3.